The average Bonchev–Trinajstić information content (AvgIpc) is 2.65. The van der Waals surface area contributed by atoms with E-state index in [0.717, 1.165) is 29.1 Å². The summed E-state index contributed by atoms with van der Waals surface area (Å²) in [7, 11) is 4.04. The highest BCUT2D eigenvalue weighted by atomic mass is 79.9. The molecule has 0 aliphatic carbocycles. The normalized spacial score (nSPS) is 11.0. The van der Waals surface area contributed by atoms with E-state index in [2.05, 4.69) is 69.9 Å². The minimum atomic E-state index is 0.921. The fraction of sp³-hybridized carbons (Fsp3) is 0.400. The van der Waals surface area contributed by atoms with Gasteiger partial charge in [-0.2, -0.15) is 0 Å². The van der Waals surface area contributed by atoms with Crippen molar-refractivity contribution < 1.29 is 0 Å². The summed E-state index contributed by atoms with van der Waals surface area (Å²) in [6.07, 6.45) is 0.927. The van der Waals surface area contributed by atoms with Gasteiger partial charge in [-0.25, -0.2) is 4.98 Å². The predicted octanol–water partition coefficient (Wildman–Crippen LogP) is 3.23. The van der Waals surface area contributed by atoms with E-state index in [4.69, 9.17) is 0 Å². The largest absolute Gasteiger partial charge is 0.330 e. The maximum atomic E-state index is 4.62. The molecule has 2 rings (SSSR count). The quantitative estimate of drug-likeness (QED) is 0.937. The molecule has 0 saturated heterocycles. The van der Waals surface area contributed by atoms with Crippen LogP contribution in [0.1, 0.15) is 17.0 Å². The Hall–Kier alpha value is -1.13. The van der Waals surface area contributed by atoms with Crippen LogP contribution in [0.5, 0.6) is 0 Å². The number of aryl methyl sites for hydroxylation is 2. The molecular formula is C15H20BrN3. The van der Waals surface area contributed by atoms with Crippen LogP contribution in [-0.2, 0) is 13.5 Å². The maximum absolute atomic E-state index is 4.62. The van der Waals surface area contributed by atoms with Crippen molar-refractivity contribution >= 4 is 15.9 Å². The number of nitrogens with zero attached hydrogens (tertiary/aromatic N) is 2. The van der Waals surface area contributed by atoms with E-state index >= 15 is 0 Å². The molecule has 0 aliphatic heterocycles. The molecule has 0 amide bonds. The molecule has 1 heterocycles. The number of likely N-dealkylation sites (N-methyl/N-ethyl adjacent to an activating group) is 1. The Morgan fingerprint density at radius 3 is 2.63 bits per heavy atom. The van der Waals surface area contributed by atoms with Gasteiger partial charge in [0.25, 0.3) is 0 Å². The summed E-state index contributed by atoms with van der Waals surface area (Å²) in [6, 6.07) is 6.54. The van der Waals surface area contributed by atoms with Gasteiger partial charge in [0.05, 0.1) is 5.69 Å². The summed E-state index contributed by atoms with van der Waals surface area (Å²) in [5, 5.41) is 3.16. The first-order valence-corrected chi connectivity index (χ1v) is 7.27. The number of benzene rings is 1. The van der Waals surface area contributed by atoms with Crippen LogP contribution in [0.15, 0.2) is 22.8 Å². The molecule has 0 unspecified atom stereocenters. The molecule has 0 saturated carbocycles. The van der Waals surface area contributed by atoms with Crippen molar-refractivity contribution in [2.24, 2.45) is 7.05 Å². The van der Waals surface area contributed by atoms with Gasteiger partial charge < -0.3 is 9.88 Å². The lowest BCUT2D eigenvalue weighted by Crippen LogP contribution is -2.13. The van der Waals surface area contributed by atoms with Crippen LogP contribution in [-0.4, -0.2) is 23.1 Å². The van der Waals surface area contributed by atoms with E-state index < -0.39 is 0 Å². The van der Waals surface area contributed by atoms with Gasteiger partial charge in [0.2, 0.25) is 0 Å². The number of rotatable bonds is 4. The summed E-state index contributed by atoms with van der Waals surface area (Å²) in [4.78, 5) is 4.62. The third-order valence-corrected chi connectivity index (χ3v) is 4.08. The van der Waals surface area contributed by atoms with Gasteiger partial charge in [0.1, 0.15) is 10.4 Å². The second-order valence-electron chi connectivity index (χ2n) is 4.88. The second-order valence-corrected chi connectivity index (χ2v) is 5.63. The topological polar surface area (TPSA) is 29.9 Å². The number of hydrogen-bond donors (Lipinski definition) is 1. The molecule has 1 aromatic heterocycles. The van der Waals surface area contributed by atoms with Crippen LogP contribution >= 0.6 is 15.9 Å². The fourth-order valence-electron chi connectivity index (χ4n) is 2.17. The smallest absolute Gasteiger partial charge is 0.132 e. The van der Waals surface area contributed by atoms with Crippen molar-refractivity contribution in [3.63, 3.8) is 0 Å². The molecule has 3 nitrogen and oxygen atoms in total. The van der Waals surface area contributed by atoms with Gasteiger partial charge >= 0.3 is 0 Å². The molecule has 102 valence electrons. The summed E-state index contributed by atoms with van der Waals surface area (Å²) in [5.41, 5.74) is 4.98. The first-order valence-electron chi connectivity index (χ1n) is 6.48. The third kappa shape index (κ3) is 2.90. The number of hydrogen-bond acceptors (Lipinski definition) is 2. The van der Waals surface area contributed by atoms with Crippen molar-refractivity contribution in [2.45, 2.75) is 20.3 Å². The van der Waals surface area contributed by atoms with E-state index in [-0.39, 0.29) is 0 Å². The Morgan fingerprint density at radius 2 is 2.00 bits per heavy atom. The first-order chi connectivity index (χ1) is 9.04. The van der Waals surface area contributed by atoms with Gasteiger partial charge in [-0.1, -0.05) is 12.1 Å². The maximum Gasteiger partial charge on any atom is 0.132 e. The van der Waals surface area contributed by atoms with Gasteiger partial charge in [-0.15, -0.1) is 0 Å². The Labute approximate surface area is 123 Å². The van der Waals surface area contributed by atoms with Gasteiger partial charge in [0, 0.05) is 25.6 Å². The lowest BCUT2D eigenvalue weighted by Gasteiger charge is -2.08. The Kier molecular flexibility index (Phi) is 4.42. The summed E-state index contributed by atoms with van der Waals surface area (Å²) >= 11 is 3.59. The molecule has 0 atom stereocenters. The molecule has 0 radical (unpaired) electrons. The number of imidazole rings is 1. The molecule has 1 N–H and O–H groups in total. The second kappa shape index (κ2) is 5.88. The zero-order valence-corrected chi connectivity index (χ0v) is 13.5. The van der Waals surface area contributed by atoms with Crippen LogP contribution in [0.4, 0.5) is 0 Å². The third-order valence-electron chi connectivity index (χ3n) is 3.52. The molecule has 0 bridgehead atoms. The van der Waals surface area contributed by atoms with Crippen LogP contribution in [0.3, 0.4) is 0 Å². The Morgan fingerprint density at radius 1 is 1.26 bits per heavy atom. The Bertz CT molecular complexity index is 587. The average molecular weight is 322 g/mol. The van der Waals surface area contributed by atoms with E-state index in [1.54, 1.807) is 0 Å². The first kappa shape index (κ1) is 14.3. The van der Waals surface area contributed by atoms with E-state index in [9.17, 15) is 0 Å². The van der Waals surface area contributed by atoms with Crippen LogP contribution in [0.2, 0.25) is 0 Å². The minimum absolute atomic E-state index is 0.921. The molecule has 2 aromatic rings. The van der Waals surface area contributed by atoms with E-state index in [1.165, 1.54) is 16.7 Å². The lowest BCUT2D eigenvalue weighted by molar-refractivity contribution is 0.720. The monoisotopic (exact) mass is 321 g/mol. The zero-order chi connectivity index (χ0) is 14.0. The van der Waals surface area contributed by atoms with Crippen LogP contribution in [0, 0.1) is 13.8 Å². The van der Waals surface area contributed by atoms with Crippen molar-refractivity contribution in [1.29, 1.82) is 0 Å². The van der Waals surface area contributed by atoms with E-state index in [0.29, 0.717) is 0 Å². The molecule has 0 spiro atoms. The predicted molar refractivity (Wildman–Crippen MR) is 83.4 cm³/mol. The highest BCUT2D eigenvalue weighted by molar-refractivity contribution is 9.10. The van der Waals surface area contributed by atoms with Gasteiger partial charge in [-0.3, -0.25) is 0 Å². The van der Waals surface area contributed by atoms with Crippen molar-refractivity contribution in [2.75, 3.05) is 13.6 Å². The molecule has 0 fully saturated rings. The minimum Gasteiger partial charge on any atom is -0.330 e. The van der Waals surface area contributed by atoms with Gasteiger partial charge in [-0.05, 0) is 54.0 Å². The Balaban J connectivity index is 2.44. The number of nitrogens with one attached hydrogen (secondary N) is 1. The SMILES string of the molecule is CNCCc1nc(Br)c(-c2ccc(C)c(C)c2)n1C. The van der Waals surface area contributed by atoms with Crippen molar-refractivity contribution in [1.82, 2.24) is 14.9 Å². The lowest BCUT2D eigenvalue weighted by atomic mass is 10.0. The van der Waals surface area contributed by atoms with Crippen LogP contribution in [0.25, 0.3) is 11.3 Å². The molecule has 19 heavy (non-hydrogen) atoms. The van der Waals surface area contributed by atoms with Crippen molar-refractivity contribution in [3.8, 4) is 11.3 Å². The summed E-state index contributed by atoms with van der Waals surface area (Å²) in [6.45, 7) is 5.21. The van der Waals surface area contributed by atoms with Gasteiger partial charge in [0.15, 0.2) is 0 Å². The van der Waals surface area contributed by atoms with Crippen molar-refractivity contribution in [3.05, 3.63) is 39.8 Å². The summed E-state index contributed by atoms with van der Waals surface area (Å²) in [5.74, 6) is 1.09. The number of aromatic nitrogens is 2. The zero-order valence-electron chi connectivity index (χ0n) is 11.9. The molecular weight excluding hydrogens is 302 g/mol. The summed E-state index contributed by atoms with van der Waals surface area (Å²) < 4.78 is 3.09. The van der Waals surface area contributed by atoms with Crippen LogP contribution < -0.4 is 5.32 Å². The van der Waals surface area contributed by atoms with E-state index in [1.807, 2.05) is 7.05 Å². The highest BCUT2D eigenvalue weighted by Crippen LogP contribution is 2.29. The standard InChI is InChI=1S/C15H20BrN3/c1-10-5-6-12(9-11(10)2)14-15(16)18-13(19(14)4)7-8-17-3/h5-6,9,17H,7-8H2,1-4H3. The number of halogens is 1. The highest BCUT2D eigenvalue weighted by Gasteiger charge is 2.14. The molecule has 0 aliphatic rings. The molecule has 4 heteroatoms. The fourth-order valence-corrected chi connectivity index (χ4v) is 2.87. The molecule has 1 aromatic carbocycles.